The zero-order valence-corrected chi connectivity index (χ0v) is 17.9. The van der Waals surface area contributed by atoms with Gasteiger partial charge < -0.3 is 29.7 Å². The summed E-state index contributed by atoms with van der Waals surface area (Å²) < 4.78 is 9.92. The van der Waals surface area contributed by atoms with Crippen LogP contribution in [0.2, 0.25) is 0 Å². The number of piperidine rings is 1. The molecule has 1 fully saturated rings. The van der Waals surface area contributed by atoms with E-state index in [0.29, 0.717) is 12.3 Å². The van der Waals surface area contributed by atoms with Crippen LogP contribution >= 0.6 is 0 Å². The van der Waals surface area contributed by atoms with Gasteiger partial charge in [-0.25, -0.2) is 4.79 Å². The van der Waals surface area contributed by atoms with Crippen molar-refractivity contribution in [1.29, 1.82) is 0 Å². The van der Waals surface area contributed by atoms with Gasteiger partial charge in [0.2, 0.25) is 0 Å². The zero-order valence-electron chi connectivity index (χ0n) is 17.9. The first kappa shape index (κ1) is 22.6. The Balaban J connectivity index is 1.65. The molecule has 0 spiro atoms. The van der Waals surface area contributed by atoms with Crippen LogP contribution < -0.4 is 10.2 Å². The minimum atomic E-state index is -0.572. The molecule has 1 saturated heterocycles. The van der Waals surface area contributed by atoms with E-state index < -0.39 is 5.97 Å². The van der Waals surface area contributed by atoms with E-state index in [1.54, 1.807) is 0 Å². The van der Waals surface area contributed by atoms with Gasteiger partial charge in [0.15, 0.2) is 0 Å². The number of amides is 1. The number of nitrogens with one attached hydrogen (secondary N) is 1. The van der Waals surface area contributed by atoms with Crippen LogP contribution in [0, 0.1) is 5.92 Å². The van der Waals surface area contributed by atoms with Gasteiger partial charge in [0.25, 0.3) is 5.91 Å². The van der Waals surface area contributed by atoms with Gasteiger partial charge in [-0.2, -0.15) is 0 Å². The van der Waals surface area contributed by atoms with Crippen molar-refractivity contribution < 1.29 is 29.0 Å². The molecule has 1 aromatic rings. The van der Waals surface area contributed by atoms with E-state index >= 15 is 0 Å². The number of carbonyl (C=O) groups is 3. The molecule has 0 aromatic heterocycles. The second-order valence-corrected chi connectivity index (χ2v) is 7.48. The van der Waals surface area contributed by atoms with Crippen LogP contribution in [0.25, 0.3) is 0 Å². The van der Waals surface area contributed by atoms with E-state index in [4.69, 9.17) is 14.6 Å². The van der Waals surface area contributed by atoms with Gasteiger partial charge in [-0.1, -0.05) is 0 Å². The van der Waals surface area contributed by atoms with Crippen LogP contribution in [0.15, 0.2) is 35.5 Å². The molecule has 3 rings (SSSR count). The van der Waals surface area contributed by atoms with Gasteiger partial charge in [0.05, 0.1) is 38.4 Å². The number of nitrogens with zero attached hydrogens (tertiary/aromatic N) is 2. The fourth-order valence-electron chi connectivity index (χ4n) is 3.88. The molecule has 168 valence electrons. The number of anilines is 2. The van der Waals surface area contributed by atoms with Crippen molar-refractivity contribution in [2.24, 2.45) is 5.92 Å². The molecule has 0 radical (unpaired) electrons. The normalized spacial score (nSPS) is 17.2. The van der Waals surface area contributed by atoms with E-state index in [9.17, 15) is 14.4 Å². The second-order valence-electron chi connectivity index (χ2n) is 7.48. The zero-order chi connectivity index (χ0) is 22.4. The van der Waals surface area contributed by atoms with Crippen LogP contribution in [0.3, 0.4) is 0 Å². The number of aliphatic hydroxyl groups is 1. The molecule has 2 aliphatic heterocycles. The average Bonchev–Trinajstić information content (AvgIpc) is 3.09. The van der Waals surface area contributed by atoms with Crippen LogP contribution in [-0.2, 0) is 23.9 Å². The largest absolute Gasteiger partial charge is 0.466 e. The van der Waals surface area contributed by atoms with E-state index in [2.05, 4.69) is 10.2 Å². The fourth-order valence-corrected chi connectivity index (χ4v) is 3.88. The Kier molecular flexibility index (Phi) is 7.51. The molecule has 31 heavy (non-hydrogen) atoms. The summed E-state index contributed by atoms with van der Waals surface area (Å²) in [6, 6.07) is 7.57. The first-order valence-electron chi connectivity index (χ1n) is 10.5. The maximum atomic E-state index is 12.6. The van der Waals surface area contributed by atoms with Crippen molar-refractivity contribution in [2.75, 3.05) is 56.7 Å². The van der Waals surface area contributed by atoms with Gasteiger partial charge in [-0.3, -0.25) is 9.59 Å². The predicted octanol–water partition coefficient (Wildman–Crippen LogP) is 1.14. The highest BCUT2D eigenvalue weighted by atomic mass is 16.5. The smallest absolute Gasteiger partial charge is 0.337 e. The first-order valence-corrected chi connectivity index (χ1v) is 10.5. The molecule has 2 heterocycles. The number of hydrogen-bond acceptors (Lipinski definition) is 8. The number of ether oxygens (including phenoxy) is 2. The summed E-state index contributed by atoms with van der Waals surface area (Å²) in [5.74, 6) is -1.08. The summed E-state index contributed by atoms with van der Waals surface area (Å²) in [6.45, 7) is 3.81. The van der Waals surface area contributed by atoms with E-state index in [-0.39, 0.29) is 48.8 Å². The third-order valence-corrected chi connectivity index (χ3v) is 5.57. The van der Waals surface area contributed by atoms with Crippen molar-refractivity contribution in [3.63, 3.8) is 0 Å². The molecule has 1 amide bonds. The van der Waals surface area contributed by atoms with Crippen LogP contribution in [-0.4, -0.2) is 74.4 Å². The third-order valence-electron chi connectivity index (χ3n) is 5.57. The van der Waals surface area contributed by atoms with Crippen LogP contribution in [0.5, 0.6) is 0 Å². The number of benzene rings is 1. The van der Waals surface area contributed by atoms with Gasteiger partial charge in [0, 0.05) is 31.0 Å². The van der Waals surface area contributed by atoms with Crippen molar-refractivity contribution in [2.45, 2.75) is 19.8 Å². The molecule has 0 aliphatic carbocycles. The number of methoxy groups -OCH3 is 1. The Morgan fingerprint density at radius 3 is 2.45 bits per heavy atom. The van der Waals surface area contributed by atoms with E-state index in [0.717, 1.165) is 31.6 Å². The molecule has 2 N–H and O–H groups in total. The lowest BCUT2D eigenvalue weighted by Gasteiger charge is -2.32. The molecular formula is C22H29N3O6. The van der Waals surface area contributed by atoms with Gasteiger partial charge in [-0.05, 0) is 44.0 Å². The van der Waals surface area contributed by atoms with Gasteiger partial charge in [-0.15, -0.1) is 0 Å². The second kappa shape index (κ2) is 10.3. The molecule has 0 unspecified atom stereocenters. The third kappa shape index (κ3) is 5.16. The Labute approximate surface area is 181 Å². The lowest BCUT2D eigenvalue weighted by atomic mass is 9.96. The Morgan fingerprint density at radius 1 is 1.19 bits per heavy atom. The number of rotatable bonds is 8. The lowest BCUT2D eigenvalue weighted by molar-refractivity contribution is -0.148. The molecule has 9 nitrogen and oxygen atoms in total. The van der Waals surface area contributed by atoms with Crippen molar-refractivity contribution in [3.8, 4) is 0 Å². The van der Waals surface area contributed by atoms with E-state index in [1.165, 1.54) is 12.0 Å². The summed E-state index contributed by atoms with van der Waals surface area (Å²) in [5.41, 5.74) is 2.10. The SMILES string of the molecule is CCOC(=O)C1CCN(c2ccc(NC3=C(C(=O)OC)CN(CCO)C3=O)cc2)CC1. The van der Waals surface area contributed by atoms with Crippen LogP contribution in [0.1, 0.15) is 19.8 Å². The molecular weight excluding hydrogens is 402 g/mol. The first-order chi connectivity index (χ1) is 15.0. The molecule has 9 heteroatoms. The monoisotopic (exact) mass is 431 g/mol. The van der Waals surface area contributed by atoms with Gasteiger partial charge in [0.1, 0.15) is 5.70 Å². The summed E-state index contributed by atoms with van der Waals surface area (Å²) in [6.07, 6.45) is 1.51. The molecule has 1 aromatic carbocycles. The Hall–Kier alpha value is -3.07. The Bertz CT molecular complexity index is 843. The minimum absolute atomic E-state index is 0.0453. The maximum absolute atomic E-state index is 12.6. The number of carbonyl (C=O) groups excluding carboxylic acids is 3. The average molecular weight is 431 g/mol. The number of esters is 2. The van der Waals surface area contributed by atoms with Gasteiger partial charge >= 0.3 is 11.9 Å². The Morgan fingerprint density at radius 2 is 1.87 bits per heavy atom. The molecule has 0 saturated carbocycles. The number of β-amino-alcohol motifs (C(OH)–C–C–N with tert-alkyl or cyclic N) is 1. The quantitative estimate of drug-likeness (QED) is 0.590. The van der Waals surface area contributed by atoms with Crippen molar-refractivity contribution in [3.05, 3.63) is 35.5 Å². The topological polar surface area (TPSA) is 108 Å². The predicted molar refractivity (Wildman–Crippen MR) is 114 cm³/mol. The summed E-state index contributed by atoms with van der Waals surface area (Å²) in [4.78, 5) is 40.2. The maximum Gasteiger partial charge on any atom is 0.337 e. The molecule has 0 atom stereocenters. The number of aliphatic hydroxyl groups excluding tert-OH is 1. The van der Waals surface area contributed by atoms with E-state index in [1.807, 2.05) is 31.2 Å². The summed E-state index contributed by atoms with van der Waals surface area (Å²) in [5, 5.41) is 12.2. The molecule has 2 aliphatic rings. The standard InChI is InChI=1S/C22H29N3O6/c1-3-31-21(28)15-8-10-24(11-9-15)17-6-4-16(5-7-17)23-19-18(22(29)30-2)14-25(12-13-26)20(19)27/h4-7,15,23,26H,3,8-14H2,1-2H3. The van der Waals surface area contributed by atoms with Crippen molar-refractivity contribution >= 4 is 29.2 Å². The summed E-state index contributed by atoms with van der Waals surface area (Å²) in [7, 11) is 1.27. The highest BCUT2D eigenvalue weighted by molar-refractivity contribution is 6.08. The van der Waals surface area contributed by atoms with Crippen LogP contribution in [0.4, 0.5) is 11.4 Å². The molecule has 0 bridgehead atoms. The highest BCUT2D eigenvalue weighted by Crippen LogP contribution is 2.27. The number of hydrogen-bond donors (Lipinski definition) is 2. The fraction of sp³-hybridized carbons (Fsp3) is 0.500. The summed E-state index contributed by atoms with van der Waals surface area (Å²) >= 11 is 0. The minimum Gasteiger partial charge on any atom is -0.466 e. The lowest BCUT2D eigenvalue weighted by Crippen LogP contribution is -2.36. The highest BCUT2D eigenvalue weighted by Gasteiger charge is 2.34. The van der Waals surface area contributed by atoms with Crippen molar-refractivity contribution in [1.82, 2.24) is 4.90 Å².